The fourth-order valence-electron chi connectivity index (χ4n) is 4.94. The smallest absolute Gasteiger partial charge is 0.294 e. The van der Waals surface area contributed by atoms with Gasteiger partial charge < -0.3 is 9.64 Å². The number of halogens is 1. The molecule has 2 aliphatic rings. The molecule has 0 fully saturated rings. The SMILES string of the molecule is O=C(c1ccc(C=C2Oc3ccccc3N(Cc3ccccc3F)C2=O)cc1)N1CCc2ccccc2C1. The van der Waals surface area contributed by atoms with Gasteiger partial charge in [0, 0.05) is 24.2 Å². The Kier molecular flexibility index (Phi) is 6.22. The minimum absolute atomic E-state index is 0.0197. The molecule has 0 unspecified atom stereocenters. The number of ether oxygens (including phenoxy) is 1. The van der Waals surface area contributed by atoms with Gasteiger partial charge in [-0.1, -0.05) is 66.7 Å². The number of para-hydroxylation sites is 2. The van der Waals surface area contributed by atoms with Crippen molar-refractivity contribution >= 4 is 23.6 Å². The molecule has 0 aliphatic carbocycles. The van der Waals surface area contributed by atoms with E-state index in [1.807, 2.05) is 29.2 Å². The number of benzene rings is 4. The molecular formula is C32H25FN2O3. The van der Waals surface area contributed by atoms with Crippen LogP contribution in [0, 0.1) is 5.82 Å². The van der Waals surface area contributed by atoms with Crippen molar-refractivity contribution in [2.24, 2.45) is 0 Å². The van der Waals surface area contributed by atoms with E-state index >= 15 is 0 Å². The quantitative estimate of drug-likeness (QED) is 0.321. The largest absolute Gasteiger partial charge is 0.449 e. The Balaban J connectivity index is 1.23. The zero-order chi connectivity index (χ0) is 26.1. The summed E-state index contributed by atoms with van der Waals surface area (Å²) in [5, 5.41) is 0. The summed E-state index contributed by atoms with van der Waals surface area (Å²) in [5.74, 6) is -0.0985. The Hall–Kier alpha value is -4.71. The molecule has 4 aromatic carbocycles. The van der Waals surface area contributed by atoms with Crippen LogP contribution in [0.5, 0.6) is 5.75 Å². The lowest BCUT2D eigenvalue weighted by Crippen LogP contribution is -2.37. The van der Waals surface area contributed by atoms with Gasteiger partial charge in [0.2, 0.25) is 0 Å². The molecule has 6 rings (SSSR count). The minimum Gasteiger partial charge on any atom is -0.449 e. The van der Waals surface area contributed by atoms with E-state index < -0.39 is 0 Å². The van der Waals surface area contributed by atoms with E-state index in [9.17, 15) is 14.0 Å². The highest BCUT2D eigenvalue weighted by Crippen LogP contribution is 2.36. The van der Waals surface area contributed by atoms with Crippen LogP contribution in [0.2, 0.25) is 0 Å². The van der Waals surface area contributed by atoms with Crippen LogP contribution in [-0.2, 0) is 24.3 Å². The van der Waals surface area contributed by atoms with Gasteiger partial charge in [-0.25, -0.2) is 4.39 Å². The van der Waals surface area contributed by atoms with Gasteiger partial charge in [0.15, 0.2) is 11.5 Å². The van der Waals surface area contributed by atoms with Crippen molar-refractivity contribution in [1.82, 2.24) is 4.90 Å². The Morgan fingerprint density at radius 2 is 1.58 bits per heavy atom. The number of carbonyl (C=O) groups excluding carboxylic acids is 2. The van der Waals surface area contributed by atoms with E-state index in [0.717, 1.165) is 12.0 Å². The Morgan fingerprint density at radius 1 is 0.868 bits per heavy atom. The fraction of sp³-hybridized carbons (Fsp3) is 0.125. The third-order valence-electron chi connectivity index (χ3n) is 6.99. The normalized spacial score (nSPS) is 15.6. The molecule has 5 nitrogen and oxygen atoms in total. The second-order valence-corrected chi connectivity index (χ2v) is 9.43. The molecule has 38 heavy (non-hydrogen) atoms. The lowest BCUT2D eigenvalue weighted by molar-refractivity contribution is -0.117. The van der Waals surface area contributed by atoms with Crippen molar-refractivity contribution in [1.29, 1.82) is 0 Å². The molecule has 2 aliphatic heterocycles. The summed E-state index contributed by atoms with van der Waals surface area (Å²) in [5.41, 5.74) is 4.79. The maximum atomic E-state index is 14.4. The molecule has 6 heteroatoms. The first-order valence-corrected chi connectivity index (χ1v) is 12.6. The molecule has 0 saturated carbocycles. The first-order chi connectivity index (χ1) is 18.6. The molecule has 4 aromatic rings. The molecule has 2 heterocycles. The zero-order valence-electron chi connectivity index (χ0n) is 20.6. The van der Waals surface area contributed by atoms with Gasteiger partial charge in [0.1, 0.15) is 5.82 Å². The van der Waals surface area contributed by atoms with E-state index in [0.29, 0.717) is 35.7 Å². The summed E-state index contributed by atoms with van der Waals surface area (Å²) in [7, 11) is 0. The number of carbonyl (C=O) groups is 2. The van der Waals surface area contributed by atoms with E-state index in [1.165, 1.54) is 22.1 Å². The highest BCUT2D eigenvalue weighted by Gasteiger charge is 2.31. The molecule has 0 spiro atoms. The van der Waals surface area contributed by atoms with Crippen LogP contribution in [0.3, 0.4) is 0 Å². The lowest BCUT2D eigenvalue weighted by atomic mass is 9.99. The maximum Gasteiger partial charge on any atom is 0.294 e. The second kappa shape index (κ2) is 9.98. The van der Waals surface area contributed by atoms with Crippen LogP contribution in [0.4, 0.5) is 10.1 Å². The van der Waals surface area contributed by atoms with E-state index in [4.69, 9.17) is 4.74 Å². The van der Waals surface area contributed by atoms with Crippen molar-refractivity contribution in [3.8, 4) is 5.75 Å². The molecule has 0 atom stereocenters. The number of anilines is 1. The van der Waals surface area contributed by atoms with Gasteiger partial charge in [-0.05, 0) is 59.5 Å². The average Bonchev–Trinajstić information content (AvgIpc) is 2.96. The summed E-state index contributed by atoms with van der Waals surface area (Å²) < 4.78 is 20.3. The summed E-state index contributed by atoms with van der Waals surface area (Å²) in [6.45, 7) is 1.36. The monoisotopic (exact) mass is 504 g/mol. The van der Waals surface area contributed by atoms with Crippen LogP contribution in [-0.4, -0.2) is 23.3 Å². The number of amides is 2. The van der Waals surface area contributed by atoms with Crippen LogP contribution < -0.4 is 9.64 Å². The van der Waals surface area contributed by atoms with Crippen LogP contribution >= 0.6 is 0 Å². The maximum absolute atomic E-state index is 14.4. The van der Waals surface area contributed by atoms with Crippen molar-refractivity contribution in [2.75, 3.05) is 11.4 Å². The zero-order valence-corrected chi connectivity index (χ0v) is 20.6. The van der Waals surface area contributed by atoms with Crippen molar-refractivity contribution < 1.29 is 18.7 Å². The highest BCUT2D eigenvalue weighted by atomic mass is 19.1. The molecular weight excluding hydrogens is 479 g/mol. The van der Waals surface area contributed by atoms with Crippen molar-refractivity contribution in [2.45, 2.75) is 19.5 Å². The average molecular weight is 505 g/mol. The Labute approximate surface area is 220 Å². The molecule has 188 valence electrons. The molecule has 2 amide bonds. The molecule has 0 bridgehead atoms. The molecule has 0 aromatic heterocycles. The van der Waals surface area contributed by atoms with E-state index in [-0.39, 0.29) is 29.9 Å². The summed E-state index contributed by atoms with van der Waals surface area (Å²) in [6.07, 6.45) is 2.49. The van der Waals surface area contributed by atoms with Crippen molar-refractivity contribution in [3.05, 3.63) is 136 Å². The van der Waals surface area contributed by atoms with E-state index in [2.05, 4.69) is 12.1 Å². The number of hydrogen-bond acceptors (Lipinski definition) is 3. The third-order valence-corrected chi connectivity index (χ3v) is 6.99. The summed E-state index contributed by atoms with van der Waals surface area (Å²) in [4.78, 5) is 30.0. The Bertz CT molecular complexity index is 1560. The fourth-order valence-corrected chi connectivity index (χ4v) is 4.94. The third kappa shape index (κ3) is 4.57. The van der Waals surface area contributed by atoms with Gasteiger partial charge >= 0.3 is 0 Å². The molecule has 0 saturated heterocycles. The lowest BCUT2D eigenvalue weighted by Gasteiger charge is -2.30. The van der Waals surface area contributed by atoms with Crippen LogP contribution in [0.1, 0.15) is 32.6 Å². The first-order valence-electron chi connectivity index (χ1n) is 12.6. The van der Waals surface area contributed by atoms with Gasteiger partial charge in [0.05, 0.1) is 12.2 Å². The van der Waals surface area contributed by atoms with Gasteiger partial charge in [-0.2, -0.15) is 0 Å². The second-order valence-electron chi connectivity index (χ2n) is 9.43. The number of hydrogen-bond donors (Lipinski definition) is 0. The number of fused-ring (bicyclic) bond motifs is 2. The molecule has 0 N–H and O–H groups in total. The number of rotatable bonds is 4. The summed E-state index contributed by atoms with van der Waals surface area (Å²) >= 11 is 0. The van der Waals surface area contributed by atoms with Gasteiger partial charge in [0.25, 0.3) is 11.8 Å². The predicted molar refractivity (Wildman–Crippen MR) is 144 cm³/mol. The predicted octanol–water partition coefficient (Wildman–Crippen LogP) is 5.99. The van der Waals surface area contributed by atoms with Crippen molar-refractivity contribution in [3.63, 3.8) is 0 Å². The standard InChI is InChI=1S/C32H25FN2O3/c33-27-10-4-3-9-26(27)21-35-28-11-5-6-12-29(28)38-30(32(35)37)19-22-13-15-24(16-14-22)31(36)34-18-17-23-7-1-2-8-25(23)20-34/h1-16,19H,17-18,20-21H2. The van der Waals surface area contributed by atoms with Gasteiger partial charge in [-0.3, -0.25) is 14.5 Å². The highest BCUT2D eigenvalue weighted by molar-refractivity contribution is 6.09. The van der Waals surface area contributed by atoms with E-state index in [1.54, 1.807) is 60.7 Å². The molecule has 0 radical (unpaired) electrons. The Morgan fingerprint density at radius 3 is 2.39 bits per heavy atom. The van der Waals surface area contributed by atoms with Crippen LogP contribution in [0.15, 0.2) is 103 Å². The van der Waals surface area contributed by atoms with Crippen LogP contribution in [0.25, 0.3) is 6.08 Å². The summed E-state index contributed by atoms with van der Waals surface area (Å²) in [6, 6.07) is 29.0. The topological polar surface area (TPSA) is 49.9 Å². The van der Waals surface area contributed by atoms with Gasteiger partial charge in [-0.15, -0.1) is 0 Å². The number of nitrogens with zero attached hydrogens (tertiary/aromatic N) is 2. The minimum atomic E-state index is -0.368. The first kappa shape index (κ1) is 23.7.